The maximum Gasteiger partial charge on any atom is 0.229 e. The number of halogens is 1. The molecule has 4 heterocycles. The number of fused-ring (bicyclic) bond motifs is 3. The van der Waals surface area contributed by atoms with Gasteiger partial charge in [-0.3, -0.25) is 19.5 Å². The summed E-state index contributed by atoms with van der Waals surface area (Å²) in [6.45, 7) is 0.262. The van der Waals surface area contributed by atoms with E-state index in [9.17, 15) is 9.59 Å². The Morgan fingerprint density at radius 2 is 1.81 bits per heavy atom. The predicted octanol–water partition coefficient (Wildman–Crippen LogP) is 5.75. The number of amides is 2. The summed E-state index contributed by atoms with van der Waals surface area (Å²) >= 11 is 6.59. The fourth-order valence-corrected chi connectivity index (χ4v) is 6.09. The molecule has 0 spiro atoms. The van der Waals surface area contributed by atoms with E-state index in [0.717, 1.165) is 76.0 Å². The van der Waals surface area contributed by atoms with Crippen LogP contribution in [-0.4, -0.2) is 26.9 Å². The van der Waals surface area contributed by atoms with Crippen LogP contribution in [0.3, 0.4) is 0 Å². The molecule has 0 bridgehead atoms. The average molecular weight is 514 g/mol. The van der Waals surface area contributed by atoms with Gasteiger partial charge in [0.15, 0.2) is 11.9 Å². The Kier molecular flexibility index (Phi) is 5.29. The number of hydrogen-bond acceptors (Lipinski definition) is 6. The largest absolute Gasteiger partial charge is 0.481 e. The molecule has 7 nitrogen and oxygen atoms in total. The van der Waals surface area contributed by atoms with E-state index in [4.69, 9.17) is 20.9 Å². The van der Waals surface area contributed by atoms with Crippen molar-refractivity contribution in [2.24, 2.45) is 0 Å². The molecule has 8 heteroatoms. The highest BCUT2D eigenvalue weighted by Crippen LogP contribution is 2.47. The Hall–Kier alpha value is -3.71. The number of hydrogen-bond donors (Lipinski definition) is 0. The molecular formula is C29H24ClN3O4. The first kappa shape index (κ1) is 22.5. The lowest BCUT2D eigenvalue weighted by Crippen LogP contribution is -2.28. The normalized spacial score (nSPS) is 18.8. The van der Waals surface area contributed by atoms with Gasteiger partial charge in [0.1, 0.15) is 5.75 Å². The predicted molar refractivity (Wildman–Crippen MR) is 137 cm³/mol. The molecule has 2 aromatic heterocycles. The maximum atomic E-state index is 12.1. The summed E-state index contributed by atoms with van der Waals surface area (Å²) < 4.78 is 12.3. The van der Waals surface area contributed by atoms with Crippen LogP contribution in [0.1, 0.15) is 59.9 Å². The van der Waals surface area contributed by atoms with Crippen molar-refractivity contribution in [3.05, 3.63) is 75.8 Å². The van der Waals surface area contributed by atoms with Crippen LogP contribution in [0.15, 0.2) is 47.1 Å². The van der Waals surface area contributed by atoms with Crippen LogP contribution in [0.4, 0.5) is 0 Å². The van der Waals surface area contributed by atoms with Crippen molar-refractivity contribution in [1.82, 2.24) is 15.0 Å². The van der Waals surface area contributed by atoms with Crippen LogP contribution in [0.2, 0.25) is 5.02 Å². The second kappa shape index (κ2) is 8.70. The molecule has 1 saturated heterocycles. The summed E-state index contributed by atoms with van der Waals surface area (Å²) in [5, 5.41) is 5.91. The Morgan fingerprint density at radius 3 is 2.68 bits per heavy atom. The number of aromatic nitrogens is 2. The van der Waals surface area contributed by atoms with Gasteiger partial charge in [0.2, 0.25) is 11.8 Å². The minimum Gasteiger partial charge on any atom is -0.481 e. The van der Waals surface area contributed by atoms with Gasteiger partial charge in [-0.15, -0.1) is 0 Å². The molecule has 4 aromatic rings. The van der Waals surface area contributed by atoms with E-state index in [1.807, 2.05) is 36.4 Å². The van der Waals surface area contributed by atoms with Gasteiger partial charge in [0.25, 0.3) is 0 Å². The van der Waals surface area contributed by atoms with Gasteiger partial charge < -0.3 is 9.26 Å². The summed E-state index contributed by atoms with van der Waals surface area (Å²) in [5.74, 6) is 1.39. The lowest BCUT2D eigenvalue weighted by molar-refractivity contribution is -0.139. The van der Waals surface area contributed by atoms with E-state index in [-0.39, 0.29) is 37.3 Å². The van der Waals surface area contributed by atoms with Crippen LogP contribution in [0.25, 0.3) is 22.0 Å². The van der Waals surface area contributed by atoms with Crippen LogP contribution in [0, 0.1) is 0 Å². The summed E-state index contributed by atoms with van der Waals surface area (Å²) in [5.41, 5.74) is 6.82. The lowest BCUT2D eigenvalue weighted by atomic mass is 9.93. The Morgan fingerprint density at radius 1 is 0.973 bits per heavy atom. The second-order valence-corrected chi connectivity index (χ2v) is 10.5. The number of ether oxygens (including phenoxy) is 1. The first-order valence-electron chi connectivity index (χ1n) is 12.7. The molecule has 0 N–H and O–H groups in total. The average Bonchev–Trinajstić information content (AvgIpc) is 3.61. The van der Waals surface area contributed by atoms with E-state index < -0.39 is 0 Å². The molecule has 7 rings (SSSR count). The van der Waals surface area contributed by atoms with Crippen molar-refractivity contribution in [1.29, 1.82) is 0 Å². The number of likely N-dealkylation sites (tertiary alicyclic amines) is 1. The molecule has 0 radical (unpaired) electrons. The number of pyridine rings is 1. The number of benzene rings is 2. The fourth-order valence-electron chi connectivity index (χ4n) is 5.85. The third-order valence-electron chi connectivity index (χ3n) is 7.67. The van der Waals surface area contributed by atoms with Crippen molar-refractivity contribution < 1.29 is 18.8 Å². The molecule has 2 amide bonds. The number of rotatable bonds is 4. The first-order chi connectivity index (χ1) is 18.0. The Labute approximate surface area is 218 Å². The zero-order valence-corrected chi connectivity index (χ0v) is 20.9. The molecule has 1 aliphatic carbocycles. The van der Waals surface area contributed by atoms with Crippen molar-refractivity contribution in [3.63, 3.8) is 0 Å². The number of imide groups is 1. The SMILES string of the molecule is O=C1CCC(=O)N1Cc1ccc2c(-c3cc(Cl)cc4c3O[C@@H](c3onc5c3CCCC5)C4)ccnc2c1. The van der Waals surface area contributed by atoms with Crippen molar-refractivity contribution in [2.45, 2.75) is 57.6 Å². The first-order valence-corrected chi connectivity index (χ1v) is 13.1. The number of carbonyl (C=O) groups is 2. The van der Waals surface area contributed by atoms with Gasteiger partial charge in [-0.25, -0.2) is 0 Å². The molecule has 0 unspecified atom stereocenters. The Balaban J connectivity index is 1.25. The zero-order valence-electron chi connectivity index (χ0n) is 20.1. The molecule has 1 atom stereocenters. The molecule has 2 aromatic carbocycles. The smallest absolute Gasteiger partial charge is 0.229 e. The van der Waals surface area contributed by atoms with E-state index in [1.54, 1.807) is 6.20 Å². The molecule has 1 fully saturated rings. The van der Waals surface area contributed by atoms with Crippen molar-refractivity contribution in [3.8, 4) is 16.9 Å². The fraction of sp³-hybridized carbons (Fsp3) is 0.310. The van der Waals surface area contributed by atoms with Crippen LogP contribution in [0.5, 0.6) is 5.75 Å². The molecule has 0 saturated carbocycles. The highest BCUT2D eigenvalue weighted by Gasteiger charge is 2.34. The van der Waals surface area contributed by atoms with Crippen molar-refractivity contribution >= 4 is 34.3 Å². The molecular weight excluding hydrogens is 490 g/mol. The van der Waals surface area contributed by atoms with Crippen LogP contribution < -0.4 is 4.74 Å². The monoisotopic (exact) mass is 513 g/mol. The molecule has 3 aliphatic rings. The quantitative estimate of drug-likeness (QED) is 0.323. The summed E-state index contributed by atoms with van der Waals surface area (Å²) in [6.07, 6.45) is 7.01. The van der Waals surface area contributed by atoms with E-state index in [1.165, 1.54) is 10.5 Å². The number of nitrogens with zero attached hydrogens (tertiary/aromatic N) is 3. The topological polar surface area (TPSA) is 85.5 Å². The number of aryl methyl sites for hydroxylation is 1. The van der Waals surface area contributed by atoms with E-state index >= 15 is 0 Å². The van der Waals surface area contributed by atoms with Crippen molar-refractivity contribution in [2.75, 3.05) is 0 Å². The van der Waals surface area contributed by atoms with E-state index in [0.29, 0.717) is 11.4 Å². The molecule has 2 aliphatic heterocycles. The van der Waals surface area contributed by atoms with Gasteiger partial charge in [-0.2, -0.15) is 0 Å². The highest BCUT2D eigenvalue weighted by atomic mass is 35.5. The Bertz CT molecular complexity index is 1580. The minimum absolute atomic E-state index is 0.124. The van der Waals surface area contributed by atoms with Gasteiger partial charge in [0, 0.05) is 52.6 Å². The summed E-state index contributed by atoms with van der Waals surface area (Å²) in [4.78, 5) is 30.1. The summed E-state index contributed by atoms with van der Waals surface area (Å²) in [7, 11) is 0. The second-order valence-electron chi connectivity index (χ2n) is 10.0. The summed E-state index contributed by atoms with van der Waals surface area (Å²) in [6, 6.07) is 11.7. The third kappa shape index (κ3) is 3.80. The standard InChI is InChI=1S/C29H24ClN3O4/c30-18-12-17-13-25(29-21-3-1-2-4-23(21)32-37-29)36-28(17)22(14-18)19-9-10-31-24-11-16(5-6-20(19)24)15-33-26(34)7-8-27(33)35/h5-6,9-12,14,25H,1-4,7-8,13,15H2/t25-/m1/s1. The zero-order chi connectivity index (χ0) is 25.1. The van der Waals surface area contributed by atoms with E-state index in [2.05, 4.69) is 10.1 Å². The van der Waals surface area contributed by atoms with Gasteiger partial charge in [0.05, 0.1) is 17.8 Å². The molecule has 186 valence electrons. The lowest BCUT2D eigenvalue weighted by Gasteiger charge is -2.16. The maximum absolute atomic E-state index is 12.1. The highest BCUT2D eigenvalue weighted by molar-refractivity contribution is 6.31. The van der Waals surface area contributed by atoms with Crippen LogP contribution >= 0.6 is 11.6 Å². The number of carbonyl (C=O) groups excluding carboxylic acids is 2. The van der Waals surface area contributed by atoms with Gasteiger partial charge in [-0.05, 0) is 61.1 Å². The molecule has 37 heavy (non-hydrogen) atoms. The third-order valence-corrected chi connectivity index (χ3v) is 7.89. The van der Waals surface area contributed by atoms with Crippen LogP contribution in [-0.2, 0) is 35.4 Å². The van der Waals surface area contributed by atoms with Gasteiger partial charge >= 0.3 is 0 Å². The minimum atomic E-state index is -0.225. The van der Waals surface area contributed by atoms with Gasteiger partial charge in [-0.1, -0.05) is 28.9 Å².